The topological polar surface area (TPSA) is 70.6 Å². The van der Waals surface area contributed by atoms with Gasteiger partial charge in [0.1, 0.15) is 11.6 Å². The quantitative estimate of drug-likeness (QED) is 0.703. The van der Waals surface area contributed by atoms with Crippen LogP contribution in [0.4, 0.5) is 14.9 Å². The first-order valence-electron chi connectivity index (χ1n) is 8.16. The van der Waals surface area contributed by atoms with E-state index in [0.717, 1.165) is 32.1 Å². The lowest BCUT2D eigenvalue weighted by molar-refractivity contribution is 0.0644. The number of rotatable bonds is 6. The van der Waals surface area contributed by atoms with Gasteiger partial charge in [0.2, 0.25) is 0 Å². The lowest BCUT2D eigenvalue weighted by atomic mass is 9.83. The van der Waals surface area contributed by atoms with Crippen LogP contribution in [0.1, 0.15) is 38.5 Å². The number of ether oxygens (including phenoxy) is 1. The molecule has 3 N–H and O–H groups in total. The normalized spacial score (nSPS) is 20.8. The third kappa shape index (κ3) is 5.39. The lowest BCUT2D eigenvalue weighted by Crippen LogP contribution is -2.31. The average Bonchev–Trinajstić information content (AvgIpc) is 2.53. The summed E-state index contributed by atoms with van der Waals surface area (Å²) in [4.78, 5) is 11.9. The maximum atomic E-state index is 13.2. The molecule has 1 aromatic rings. The Labute approximate surface area is 136 Å². The molecule has 6 heteroatoms. The zero-order valence-electron chi connectivity index (χ0n) is 13.5. The van der Waals surface area contributed by atoms with Crippen LogP contribution in [0.15, 0.2) is 18.2 Å². The minimum Gasteiger partial charge on any atom is -0.495 e. The van der Waals surface area contributed by atoms with E-state index < -0.39 is 11.8 Å². The Morgan fingerprint density at radius 3 is 2.91 bits per heavy atom. The van der Waals surface area contributed by atoms with Crippen molar-refractivity contribution >= 4 is 11.7 Å². The Hall–Kier alpha value is -1.82. The van der Waals surface area contributed by atoms with Gasteiger partial charge in [0, 0.05) is 12.6 Å². The molecule has 23 heavy (non-hydrogen) atoms. The molecule has 1 saturated carbocycles. The number of halogens is 1. The van der Waals surface area contributed by atoms with Gasteiger partial charge >= 0.3 is 6.03 Å². The molecule has 2 unspecified atom stereocenters. The summed E-state index contributed by atoms with van der Waals surface area (Å²) in [5.74, 6) is 0.316. The van der Waals surface area contributed by atoms with Crippen molar-refractivity contribution in [3.63, 3.8) is 0 Å². The van der Waals surface area contributed by atoms with Crippen molar-refractivity contribution in [2.45, 2.75) is 44.6 Å². The van der Waals surface area contributed by atoms with Gasteiger partial charge in [-0.3, -0.25) is 0 Å². The number of carbonyl (C=O) groups is 1. The van der Waals surface area contributed by atoms with E-state index in [1.165, 1.54) is 31.7 Å². The predicted octanol–water partition coefficient (Wildman–Crippen LogP) is 3.29. The smallest absolute Gasteiger partial charge is 0.319 e. The molecule has 0 aromatic heterocycles. The van der Waals surface area contributed by atoms with E-state index >= 15 is 0 Å². The number of amides is 2. The first-order chi connectivity index (χ1) is 11.1. The van der Waals surface area contributed by atoms with Crippen molar-refractivity contribution in [3.8, 4) is 5.75 Å². The molecule has 0 radical (unpaired) electrons. The van der Waals surface area contributed by atoms with Crippen molar-refractivity contribution in [1.29, 1.82) is 0 Å². The van der Waals surface area contributed by atoms with Gasteiger partial charge in [0.25, 0.3) is 0 Å². The molecule has 2 atom stereocenters. The van der Waals surface area contributed by atoms with Crippen molar-refractivity contribution in [2.75, 3.05) is 19.0 Å². The van der Waals surface area contributed by atoms with Gasteiger partial charge in [-0.1, -0.05) is 12.8 Å². The molecular formula is C17H25FN2O3. The molecule has 5 nitrogen and oxygen atoms in total. The predicted molar refractivity (Wildman–Crippen MR) is 87.2 cm³/mol. The molecule has 1 aliphatic carbocycles. The van der Waals surface area contributed by atoms with Gasteiger partial charge < -0.3 is 20.5 Å². The highest BCUT2D eigenvalue weighted by Crippen LogP contribution is 2.28. The van der Waals surface area contributed by atoms with Gasteiger partial charge in [0.05, 0.1) is 18.9 Å². The lowest BCUT2D eigenvalue weighted by Gasteiger charge is -2.27. The third-order valence-electron chi connectivity index (χ3n) is 4.32. The van der Waals surface area contributed by atoms with Crippen LogP contribution in [-0.2, 0) is 0 Å². The van der Waals surface area contributed by atoms with Crippen molar-refractivity contribution in [2.24, 2.45) is 5.92 Å². The molecule has 0 bridgehead atoms. The summed E-state index contributed by atoms with van der Waals surface area (Å²) in [5.41, 5.74) is 0.299. The Kier molecular flexibility index (Phi) is 6.65. The van der Waals surface area contributed by atoms with Crippen LogP contribution in [0.5, 0.6) is 5.75 Å². The Balaban J connectivity index is 1.72. The van der Waals surface area contributed by atoms with Crippen LogP contribution in [0.25, 0.3) is 0 Å². The van der Waals surface area contributed by atoms with Crippen LogP contribution < -0.4 is 15.4 Å². The van der Waals surface area contributed by atoms with E-state index in [-0.39, 0.29) is 6.10 Å². The summed E-state index contributed by atoms with van der Waals surface area (Å²) >= 11 is 0. The summed E-state index contributed by atoms with van der Waals surface area (Å²) < 4.78 is 18.3. The fourth-order valence-electron chi connectivity index (χ4n) is 3.04. The molecule has 0 saturated heterocycles. The summed E-state index contributed by atoms with van der Waals surface area (Å²) in [6.45, 7) is 0.521. The second-order valence-corrected chi connectivity index (χ2v) is 5.98. The number of hydrogen-bond acceptors (Lipinski definition) is 3. The molecule has 2 rings (SSSR count). The Bertz CT molecular complexity index is 525. The van der Waals surface area contributed by atoms with E-state index in [2.05, 4.69) is 10.6 Å². The number of nitrogens with one attached hydrogen (secondary N) is 2. The summed E-state index contributed by atoms with van der Waals surface area (Å²) in [6, 6.07) is 3.57. The van der Waals surface area contributed by atoms with E-state index in [0.29, 0.717) is 23.9 Å². The maximum Gasteiger partial charge on any atom is 0.319 e. The van der Waals surface area contributed by atoms with Crippen molar-refractivity contribution in [3.05, 3.63) is 24.0 Å². The maximum absolute atomic E-state index is 13.2. The van der Waals surface area contributed by atoms with Crippen LogP contribution in [-0.4, -0.2) is 30.9 Å². The van der Waals surface area contributed by atoms with Gasteiger partial charge in [-0.05, 0) is 43.7 Å². The number of carbonyl (C=O) groups excluding carboxylic acids is 1. The Morgan fingerprint density at radius 2 is 2.17 bits per heavy atom. The number of hydrogen-bond donors (Lipinski definition) is 3. The van der Waals surface area contributed by atoms with Crippen LogP contribution in [0.2, 0.25) is 0 Å². The zero-order chi connectivity index (χ0) is 16.7. The number of anilines is 1. The summed E-state index contributed by atoms with van der Waals surface area (Å²) in [5, 5.41) is 15.2. The second-order valence-electron chi connectivity index (χ2n) is 5.98. The first-order valence-corrected chi connectivity index (χ1v) is 8.16. The summed E-state index contributed by atoms with van der Waals surface area (Å²) in [7, 11) is 1.46. The molecule has 1 aliphatic rings. The molecule has 1 aromatic carbocycles. The second kappa shape index (κ2) is 8.72. The number of aliphatic hydroxyl groups is 1. The number of urea groups is 1. The third-order valence-corrected chi connectivity index (χ3v) is 4.32. The molecule has 0 aliphatic heterocycles. The molecule has 0 spiro atoms. The van der Waals surface area contributed by atoms with Crippen LogP contribution >= 0.6 is 0 Å². The average molecular weight is 324 g/mol. The van der Waals surface area contributed by atoms with Crippen molar-refractivity contribution in [1.82, 2.24) is 5.32 Å². The van der Waals surface area contributed by atoms with Crippen LogP contribution in [0, 0.1) is 11.7 Å². The highest BCUT2D eigenvalue weighted by Gasteiger charge is 2.22. The van der Waals surface area contributed by atoms with Crippen molar-refractivity contribution < 1.29 is 19.0 Å². The standard InChI is InChI=1S/C17H25FN2O3/c1-23-16-9-8-13(18)11-14(16)20-17(22)19-10-4-6-12-5-2-3-7-15(12)21/h8-9,11-12,15,21H,2-7,10H2,1H3,(H2,19,20,22). The number of benzene rings is 1. The van der Waals surface area contributed by atoms with E-state index in [9.17, 15) is 14.3 Å². The van der Waals surface area contributed by atoms with E-state index in [1.807, 2.05) is 0 Å². The molecule has 1 fully saturated rings. The number of aliphatic hydroxyl groups excluding tert-OH is 1. The minimum absolute atomic E-state index is 0.200. The van der Waals surface area contributed by atoms with Gasteiger partial charge in [-0.15, -0.1) is 0 Å². The highest BCUT2D eigenvalue weighted by atomic mass is 19.1. The fourth-order valence-corrected chi connectivity index (χ4v) is 3.04. The minimum atomic E-state index is -0.438. The van der Waals surface area contributed by atoms with Gasteiger partial charge in [-0.2, -0.15) is 0 Å². The molecule has 0 heterocycles. The SMILES string of the molecule is COc1ccc(F)cc1NC(=O)NCCCC1CCCCC1O. The van der Waals surface area contributed by atoms with E-state index in [4.69, 9.17) is 4.74 Å². The zero-order valence-corrected chi connectivity index (χ0v) is 13.5. The Morgan fingerprint density at radius 1 is 1.39 bits per heavy atom. The van der Waals surface area contributed by atoms with E-state index in [1.54, 1.807) is 0 Å². The molecule has 2 amide bonds. The monoisotopic (exact) mass is 324 g/mol. The van der Waals surface area contributed by atoms with Gasteiger partial charge in [0.15, 0.2) is 0 Å². The number of methoxy groups -OCH3 is 1. The fraction of sp³-hybridized carbons (Fsp3) is 0.588. The summed E-state index contributed by atoms with van der Waals surface area (Å²) in [6.07, 6.45) is 5.75. The largest absolute Gasteiger partial charge is 0.495 e. The first kappa shape index (κ1) is 17.5. The highest BCUT2D eigenvalue weighted by molar-refractivity contribution is 5.90. The van der Waals surface area contributed by atoms with Crippen LogP contribution in [0.3, 0.4) is 0 Å². The van der Waals surface area contributed by atoms with Gasteiger partial charge in [-0.25, -0.2) is 9.18 Å². The molecular weight excluding hydrogens is 299 g/mol. The molecule has 128 valence electrons.